The maximum Gasteiger partial charge on any atom is 0.317 e. The summed E-state index contributed by atoms with van der Waals surface area (Å²) in [5.41, 5.74) is 0. The van der Waals surface area contributed by atoms with Crippen LogP contribution in [0.5, 0.6) is 5.75 Å². The van der Waals surface area contributed by atoms with E-state index in [-0.39, 0.29) is 30.2 Å². The van der Waals surface area contributed by atoms with Crippen LogP contribution >= 0.6 is 0 Å². The summed E-state index contributed by atoms with van der Waals surface area (Å²) in [6, 6.07) is 9.35. The van der Waals surface area contributed by atoms with E-state index >= 15 is 0 Å². The number of carbonyl (C=O) groups is 1. The van der Waals surface area contributed by atoms with E-state index in [2.05, 4.69) is 5.32 Å². The SMILES string of the molecule is C[C@H](NC(=O)N(C)C[C@@H]1CCC[C@@H]1O)[C@H](C)Oc1ccccc1. The van der Waals surface area contributed by atoms with Crippen LogP contribution in [0.4, 0.5) is 4.79 Å². The van der Waals surface area contributed by atoms with Gasteiger partial charge in [-0.3, -0.25) is 0 Å². The summed E-state index contributed by atoms with van der Waals surface area (Å²) in [7, 11) is 1.77. The van der Waals surface area contributed by atoms with Crippen molar-refractivity contribution in [2.75, 3.05) is 13.6 Å². The van der Waals surface area contributed by atoms with Gasteiger partial charge in [0.25, 0.3) is 0 Å². The number of carbonyl (C=O) groups excluding carboxylic acids is 1. The average molecular weight is 320 g/mol. The molecule has 5 nitrogen and oxygen atoms in total. The molecular weight excluding hydrogens is 292 g/mol. The third kappa shape index (κ3) is 5.13. The third-order valence-electron chi connectivity index (χ3n) is 4.59. The fraction of sp³-hybridized carbons (Fsp3) is 0.611. The summed E-state index contributed by atoms with van der Waals surface area (Å²) in [4.78, 5) is 13.9. The molecule has 0 radical (unpaired) electrons. The van der Waals surface area contributed by atoms with Crippen molar-refractivity contribution in [3.05, 3.63) is 30.3 Å². The highest BCUT2D eigenvalue weighted by Gasteiger charge is 2.28. The summed E-state index contributed by atoms with van der Waals surface area (Å²) in [6.45, 7) is 4.47. The van der Waals surface area contributed by atoms with Gasteiger partial charge in [0.15, 0.2) is 0 Å². The second-order valence-electron chi connectivity index (χ2n) is 6.51. The van der Waals surface area contributed by atoms with E-state index in [4.69, 9.17) is 4.74 Å². The quantitative estimate of drug-likeness (QED) is 0.847. The molecule has 1 fully saturated rings. The van der Waals surface area contributed by atoms with E-state index in [1.165, 1.54) is 0 Å². The number of amides is 2. The van der Waals surface area contributed by atoms with Gasteiger partial charge in [-0.1, -0.05) is 24.6 Å². The van der Waals surface area contributed by atoms with Gasteiger partial charge in [0, 0.05) is 19.5 Å². The monoisotopic (exact) mass is 320 g/mol. The van der Waals surface area contributed by atoms with Crippen molar-refractivity contribution in [2.24, 2.45) is 5.92 Å². The van der Waals surface area contributed by atoms with Gasteiger partial charge >= 0.3 is 6.03 Å². The molecule has 1 aliphatic carbocycles. The minimum absolute atomic E-state index is 0.112. The Hall–Kier alpha value is -1.75. The van der Waals surface area contributed by atoms with Crippen molar-refractivity contribution in [3.63, 3.8) is 0 Å². The Balaban J connectivity index is 1.78. The second-order valence-corrected chi connectivity index (χ2v) is 6.51. The van der Waals surface area contributed by atoms with E-state index in [1.807, 2.05) is 44.2 Å². The Morgan fingerprint density at radius 1 is 1.35 bits per heavy atom. The van der Waals surface area contributed by atoms with Gasteiger partial charge in [0.2, 0.25) is 0 Å². The number of hydrogen-bond acceptors (Lipinski definition) is 3. The molecule has 0 saturated heterocycles. The zero-order valence-corrected chi connectivity index (χ0v) is 14.2. The highest BCUT2D eigenvalue weighted by Crippen LogP contribution is 2.26. The van der Waals surface area contributed by atoms with Crippen LogP contribution in [0, 0.1) is 5.92 Å². The molecule has 0 bridgehead atoms. The average Bonchev–Trinajstić information content (AvgIpc) is 2.93. The normalized spacial score (nSPS) is 23.1. The van der Waals surface area contributed by atoms with E-state index in [0.717, 1.165) is 25.0 Å². The van der Waals surface area contributed by atoms with Gasteiger partial charge in [0.1, 0.15) is 11.9 Å². The first-order valence-electron chi connectivity index (χ1n) is 8.38. The number of hydrogen-bond donors (Lipinski definition) is 2. The minimum atomic E-state index is -0.275. The standard InChI is InChI=1S/C18H28N2O3/c1-13(14(2)23-16-9-5-4-6-10-16)19-18(22)20(3)12-15-8-7-11-17(15)21/h4-6,9-10,13-15,17,21H,7-8,11-12H2,1-3H3,(H,19,22)/t13-,14-,15-,17-/m0/s1. The first kappa shape index (κ1) is 17.6. The number of aliphatic hydroxyl groups excluding tert-OH is 1. The van der Waals surface area contributed by atoms with Gasteiger partial charge in [0.05, 0.1) is 12.1 Å². The Morgan fingerprint density at radius 3 is 2.65 bits per heavy atom. The van der Waals surface area contributed by atoms with Crippen molar-refractivity contribution >= 4 is 6.03 Å². The molecule has 0 unspecified atom stereocenters. The number of aliphatic hydroxyl groups is 1. The van der Waals surface area contributed by atoms with Crippen molar-refractivity contribution in [1.29, 1.82) is 0 Å². The Labute approximate surface area is 138 Å². The third-order valence-corrected chi connectivity index (χ3v) is 4.59. The molecule has 1 aromatic carbocycles. The molecule has 128 valence electrons. The van der Waals surface area contributed by atoms with E-state index in [9.17, 15) is 9.90 Å². The van der Waals surface area contributed by atoms with Crippen LogP contribution in [0.3, 0.4) is 0 Å². The number of benzene rings is 1. The van der Waals surface area contributed by atoms with Crippen LogP contribution in [-0.4, -0.2) is 47.9 Å². The molecule has 0 heterocycles. The fourth-order valence-corrected chi connectivity index (χ4v) is 2.90. The molecule has 1 saturated carbocycles. The molecule has 5 heteroatoms. The molecular formula is C18H28N2O3. The van der Waals surface area contributed by atoms with E-state index in [0.29, 0.717) is 6.54 Å². The van der Waals surface area contributed by atoms with Crippen LogP contribution in [0.2, 0.25) is 0 Å². The van der Waals surface area contributed by atoms with Gasteiger partial charge < -0.3 is 20.1 Å². The summed E-state index contributed by atoms with van der Waals surface area (Å²) in [6.07, 6.45) is 2.47. The number of urea groups is 1. The van der Waals surface area contributed by atoms with Crippen LogP contribution in [0.15, 0.2) is 30.3 Å². The van der Waals surface area contributed by atoms with Crippen LogP contribution in [-0.2, 0) is 0 Å². The molecule has 0 aliphatic heterocycles. The molecule has 1 aliphatic rings. The highest BCUT2D eigenvalue weighted by molar-refractivity contribution is 5.74. The lowest BCUT2D eigenvalue weighted by atomic mass is 10.1. The second kappa shape index (κ2) is 8.20. The van der Waals surface area contributed by atoms with Crippen LogP contribution in [0.25, 0.3) is 0 Å². The molecule has 2 N–H and O–H groups in total. The zero-order chi connectivity index (χ0) is 16.8. The fourth-order valence-electron chi connectivity index (χ4n) is 2.90. The predicted octanol–water partition coefficient (Wildman–Crippen LogP) is 2.64. The number of rotatable bonds is 6. The summed E-state index contributed by atoms with van der Waals surface area (Å²) < 4.78 is 5.83. The smallest absolute Gasteiger partial charge is 0.317 e. The van der Waals surface area contributed by atoms with Crippen molar-refractivity contribution < 1.29 is 14.6 Å². The lowest BCUT2D eigenvalue weighted by Gasteiger charge is -2.27. The molecule has 0 aromatic heterocycles. The zero-order valence-electron chi connectivity index (χ0n) is 14.2. The highest BCUT2D eigenvalue weighted by atomic mass is 16.5. The Bertz CT molecular complexity index is 494. The lowest BCUT2D eigenvalue weighted by molar-refractivity contribution is 0.111. The van der Waals surface area contributed by atoms with Gasteiger partial charge in [-0.05, 0) is 38.8 Å². The minimum Gasteiger partial charge on any atom is -0.489 e. The van der Waals surface area contributed by atoms with Crippen LogP contribution in [0.1, 0.15) is 33.1 Å². The first-order valence-corrected chi connectivity index (χ1v) is 8.38. The van der Waals surface area contributed by atoms with Gasteiger partial charge in [-0.25, -0.2) is 4.79 Å². The topological polar surface area (TPSA) is 61.8 Å². The molecule has 2 rings (SSSR count). The number of para-hydroxylation sites is 1. The number of nitrogens with zero attached hydrogens (tertiary/aromatic N) is 1. The van der Waals surface area contributed by atoms with Gasteiger partial charge in [-0.2, -0.15) is 0 Å². The molecule has 1 aromatic rings. The van der Waals surface area contributed by atoms with Crippen molar-refractivity contribution in [3.8, 4) is 5.75 Å². The van der Waals surface area contributed by atoms with Gasteiger partial charge in [-0.15, -0.1) is 0 Å². The van der Waals surface area contributed by atoms with Crippen LogP contribution < -0.4 is 10.1 Å². The Kier molecular flexibility index (Phi) is 6.28. The molecule has 0 spiro atoms. The summed E-state index contributed by atoms with van der Waals surface area (Å²) in [5, 5.41) is 12.8. The first-order chi connectivity index (χ1) is 11.0. The maximum atomic E-state index is 12.3. The summed E-state index contributed by atoms with van der Waals surface area (Å²) in [5.74, 6) is 0.988. The largest absolute Gasteiger partial charge is 0.489 e. The van der Waals surface area contributed by atoms with E-state index < -0.39 is 0 Å². The lowest BCUT2D eigenvalue weighted by Crippen LogP contribution is -2.48. The number of nitrogens with one attached hydrogen (secondary N) is 1. The van der Waals surface area contributed by atoms with Crippen molar-refractivity contribution in [1.82, 2.24) is 10.2 Å². The van der Waals surface area contributed by atoms with Crippen molar-refractivity contribution in [2.45, 2.75) is 51.4 Å². The molecule has 23 heavy (non-hydrogen) atoms. The molecule has 2 amide bonds. The Morgan fingerprint density at radius 2 is 2.04 bits per heavy atom. The summed E-state index contributed by atoms with van der Waals surface area (Å²) >= 11 is 0. The van der Waals surface area contributed by atoms with E-state index in [1.54, 1.807) is 11.9 Å². The number of ether oxygens (including phenoxy) is 1. The maximum absolute atomic E-state index is 12.3. The predicted molar refractivity (Wildman–Crippen MR) is 90.5 cm³/mol. The molecule has 4 atom stereocenters.